The predicted octanol–water partition coefficient (Wildman–Crippen LogP) is 3.13. The molecule has 0 spiro atoms. The molecule has 0 aromatic heterocycles. The second kappa shape index (κ2) is 5.51. The molecule has 0 bridgehead atoms. The van der Waals surface area contributed by atoms with Crippen molar-refractivity contribution in [3.8, 4) is 0 Å². The van der Waals surface area contributed by atoms with E-state index in [9.17, 15) is 9.18 Å². The molecule has 15 heavy (non-hydrogen) atoms. The van der Waals surface area contributed by atoms with Gasteiger partial charge in [0.15, 0.2) is 0 Å². The molecule has 1 aromatic rings. The topological polar surface area (TPSA) is 26.3 Å². The summed E-state index contributed by atoms with van der Waals surface area (Å²) in [6.45, 7) is 2.22. The van der Waals surface area contributed by atoms with E-state index in [1.807, 2.05) is 0 Å². The Morgan fingerprint density at radius 2 is 2.07 bits per heavy atom. The van der Waals surface area contributed by atoms with Crippen LogP contribution in [0.2, 0.25) is 0 Å². The van der Waals surface area contributed by atoms with Crippen LogP contribution in [0.1, 0.15) is 17.3 Å². The van der Waals surface area contributed by atoms with Gasteiger partial charge in [0.05, 0.1) is 6.61 Å². The molecule has 0 aliphatic rings. The van der Waals surface area contributed by atoms with E-state index in [1.54, 1.807) is 6.92 Å². The van der Waals surface area contributed by atoms with E-state index >= 15 is 0 Å². The van der Waals surface area contributed by atoms with Crippen molar-refractivity contribution in [1.29, 1.82) is 0 Å². The molecule has 0 atom stereocenters. The predicted molar refractivity (Wildman–Crippen MR) is 56.3 cm³/mol. The Kier molecular flexibility index (Phi) is 4.31. The highest BCUT2D eigenvalue weighted by Crippen LogP contribution is 2.12. The molecular weight excluding hydrogens is 219 g/mol. The maximum absolute atomic E-state index is 12.6. The van der Waals surface area contributed by atoms with Gasteiger partial charge >= 0.3 is 0 Å². The standard InChI is InChI=1S/C11H10ClFO2/c1-2-15-7-10(12)11(14)8-3-5-9(13)6-4-8/h3-7H,2H2,1H3/b10-7-. The quantitative estimate of drug-likeness (QED) is 0.450. The van der Waals surface area contributed by atoms with Gasteiger partial charge in [0.1, 0.15) is 17.1 Å². The van der Waals surface area contributed by atoms with Crippen molar-refractivity contribution in [2.75, 3.05) is 6.61 Å². The van der Waals surface area contributed by atoms with Crippen LogP contribution in [0.3, 0.4) is 0 Å². The number of rotatable bonds is 4. The minimum Gasteiger partial charge on any atom is -0.500 e. The molecule has 0 saturated heterocycles. The highest BCUT2D eigenvalue weighted by atomic mass is 35.5. The number of hydrogen-bond donors (Lipinski definition) is 0. The SMILES string of the molecule is CCO/C=C(\Cl)C(=O)c1ccc(F)cc1. The van der Waals surface area contributed by atoms with Crippen molar-refractivity contribution in [2.24, 2.45) is 0 Å². The summed E-state index contributed by atoms with van der Waals surface area (Å²) < 4.78 is 17.4. The average Bonchev–Trinajstić information content (AvgIpc) is 2.26. The zero-order chi connectivity index (χ0) is 11.3. The average molecular weight is 229 g/mol. The van der Waals surface area contributed by atoms with Crippen LogP contribution in [0.5, 0.6) is 0 Å². The van der Waals surface area contributed by atoms with Gasteiger partial charge in [-0.3, -0.25) is 4.79 Å². The Hall–Kier alpha value is -1.35. The Balaban J connectivity index is 2.80. The summed E-state index contributed by atoms with van der Waals surface area (Å²) in [5.74, 6) is -0.776. The maximum atomic E-state index is 12.6. The monoisotopic (exact) mass is 228 g/mol. The van der Waals surface area contributed by atoms with Crippen molar-refractivity contribution in [1.82, 2.24) is 0 Å². The van der Waals surface area contributed by atoms with E-state index in [1.165, 1.54) is 30.5 Å². The van der Waals surface area contributed by atoms with Crippen LogP contribution >= 0.6 is 11.6 Å². The van der Waals surface area contributed by atoms with Crippen molar-refractivity contribution in [2.45, 2.75) is 6.92 Å². The minimum absolute atomic E-state index is 0.0246. The Bertz CT molecular complexity index is 371. The van der Waals surface area contributed by atoms with Gasteiger partial charge < -0.3 is 4.74 Å². The fourth-order valence-electron chi connectivity index (χ4n) is 0.949. The van der Waals surface area contributed by atoms with Crippen LogP contribution in [0.25, 0.3) is 0 Å². The van der Waals surface area contributed by atoms with Gasteiger partial charge in [0.25, 0.3) is 0 Å². The Labute approximate surface area is 92.3 Å². The molecule has 0 radical (unpaired) electrons. The van der Waals surface area contributed by atoms with Crippen molar-refractivity contribution in [3.63, 3.8) is 0 Å². The number of Topliss-reactive ketones (excluding diaryl/α,β-unsaturated/α-hetero) is 1. The molecule has 1 rings (SSSR count). The number of benzene rings is 1. The first-order valence-corrected chi connectivity index (χ1v) is 4.80. The van der Waals surface area contributed by atoms with Crippen LogP contribution in [-0.2, 0) is 4.74 Å². The third kappa shape index (κ3) is 3.36. The Morgan fingerprint density at radius 1 is 1.47 bits per heavy atom. The molecule has 80 valence electrons. The van der Waals surface area contributed by atoms with Gasteiger partial charge in [-0.05, 0) is 31.2 Å². The molecule has 2 nitrogen and oxygen atoms in total. The second-order valence-electron chi connectivity index (χ2n) is 2.76. The fourth-order valence-corrected chi connectivity index (χ4v) is 1.12. The van der Waals surface area contributed by atoms with Crippen molar-refractivity contribution >= 4 is 17.4 Å². The lowest BCUT2D eigenvalue weighted by Gasteiger charge is -1.99. The molecule has 1 aromatic carbocycles. The number of ether oxygens (including phenoxy) is 1. The van der Waals surface area contributed by atoms with E-state index in [-0.39, 0.29) is 10.8 Å². The van der Waals surface area contributed by atoms with E-state index < -0.39 is 5.82 Å². The van der Waals surface area contributed by atoms with Gasteiger partial charge in [0, 0.05) is 5.56 Å². The molecule has 0 saturated carbocycles. The van der Waals surface area contributed by atoms with E-state index in [0.717, 1.165) is 0 Å². The van der Waals surface area contributed by atoms with Crippen LogP contribution in [-0.4, -0.2) is 12.4 Å². The molecule has 0 heterocycles. The summed E-state index contributed by atoms with van der Waals surface area (Å²) in [5.41, 5.74) is 0.331. The summed E-state index contributed by atoms with van der Waals surface area (Å²) in [5, 5.41) is -0.0246. The minimum atomic E-state index is -0.392. The summed E-state index contributed by atoms with van der Waals surface area (Å²) in [7, 11) is 0. The van der Waals surface area contributed by atoms with Gasteiger partial charge in [0.2, 0.25) is 5.78 Å². The third-order valence-corrected chi connectivity index (χ3v) is 1.94. The van der Waals surface area contributed by atoms with Crippen molar-refractivity contribution < 1.29 is 13.9 Å². The van der Waals surface area contributed by atoms with E-state index in [0.29, 0.717) is 12.2 Å². The molecule has 4 heteroatoms. The first-order valence-electron chi connectivity index (χ1n) is 4.42. The second-order valence-corrected chi connectivity index (χ2v) is 3.16. The van der Waals surface area contributed by atoms with Crippen LogP contribution < -0.4 is 0 Å². The number of ketones is 1. The number of carbonyl (C=O) groups excluding carboxylic acids is 1. The van der Waals surface area contributed by atoms with Crippen LogP contribution in [0.4, 0.5) is 4.39 Å². The molecule has 0 N–H and O–H groups in total. The molecule has 0 unspecified atom stereocenters. The summed E-state index contributed by atoms with van der Waals surface area (Å²) in [6.07, 6.45) is 1.19. The zero-order valence-corrected chi connectivity index (χ0v) is 8.92. The lowest BCUT2D eigenvalue weighted by molar-refractivity contribution is 0.103. The van der Waals surface area contributed by atoms with E-state index in [4.69, 9.17) is 16.3 Å². The van der Waals surface area contributed by atoms with Crippen molar-refractivity contribution in [3.05, 3.63) is 46.9 Å². The number of halogens is 2. The third-order valence-electron chi connectivity index (χ3n) is 1.68. The Morgan fingerprint density at radius 3 is 2.60 bits per heavy atom. The molecular formula is C11H10ClFO2. The normalized spacial score (nSPS) is 11.3. The molecule has 0 fully saturated rings. The first-order chi connectivity index (χ1) is 7.15. The first kappa shape index (κ1) is 11.7. The summed E-state index contributed by atoms with van der Waals surface area (Å²) in [6, 6.07) is 5.16. The summed E-state index contributed by atoms with van der Waals surface area (Å²) >= 11 is 5.68. The smallest absolute Gasteiger partial charge is 0.207 e. The molecule has 0 amide bonds. The number of allylic oxidation sites excluding steroid dienone is 1. The fraction of sp³-hybridized carbons (Fsp3) is 0.182. The largest absolute Gasteiger partial charge is 0.500 e. The van der Waals surface area contributed by atoms with Gasteiger partial charge in [-0.15, -0.1) is 0 Å². The molecule has 0 aliphatic carbocycles. The van der Waals surface area contributed by atoms with Gasteiger partial charge in [-0.1, -0.05) is 11.6 Å². The van der Waals surface area contributed by atoms with Gasteiger partial charge in [-0.25, -0.2) is 4.39 Å². The highest BCUT2D eigenvalue weighted by Gasteiger charge is 2.10. The number of hydrogen-bond acceptors (Lipinski definition) is 2. The lowest BCUT2D eigenvalue weighted by Crippen LogP contribution is -1.99. The van der Waals surface area contributed by atoms with Crippen LogP contribution in [0.15, 0.2) is 35.6 Å². The van der Waals surface area contributed by atoms with E-state index in [2.05, 4.69) is 0 Å². The maximum Gasteiger partial charge on any atom is 0.207 e. The molecule has 0 aliphatic heterocycles. The van der Waals surface area contributed by atoms with Gasteiger partial charge in [-0.2, -0.15) is 0 Å². The zero-order valence-electron chi connectivity index (χ0n) is 8.17. The summed E-state index contributed by atoms with van der Waals surface area (Å²) in [4.78, 5) is 11.6. The highest BCUT2D eigenvalue weighted by molar-refractivity contribution is 6.45. The van der Waals surface area contributed by atoms with Crippen LogP contribution in [0, 0.1) is 5.82 Å². The number of carbonyl (C=O) groups is 1. The lowest BCUT2D eigenvalue weighted by atomic mass is 10.1.